The van der Waals surface area contributed by atoms with Gasteiger partial charge in [-0.3, -0.25) is 4.40 Å². The predicted octanol–water partition coefficient (Wildman–Crippen LogP) is 4.52. The molecule has 1 fully saturated rings. The van der Waals surface area contributed by atoms with Crippen LogP contribution in [-0.4, -0.2) is 56.9 Å². The SMILES string of the molecule is CC.COc1cc(O)c(Cl)c(-c2cc3cnc(N[C@@H]4COCC[C@@H]4N)nc3n3ccnc23)c1Cl. The zero-order valence-corrected chi connectivity index (χ0v) is 20.6. The number of aromatic hydroxyl groups is 1. The maximum absolute atomic E-state index is 10.3. The van der Waals surface area contributed by atoms with Crippen LogP contribution in [0.2, 0.25) is 10.0 Å². The quantitative estimate of drug-likeness (QED) is 0.371. The number of nitrogens with two attached hydrogens (primary N) is 1. The number of pyridine rings is 1. The number of halogens is 2. The second-order valence-electron chi connectivity index (χ2n) is 7.53. The molecule has 0 saturated carbocycles. The van der Waals surface area contributed by atoms with Gasteiger partial charge in [0.1, 0.15) is 17.1 Å². The Morgan fingerprint density at radius 2 is 2.00 bits per heavy atom. The molecular formula is C23H26Cl2N6O3. The number of methoxy groups -OCH3 is 1. The Bertz CT molecular complexity index is 1330. The van der Waals surface area contributed by atoms with Crippen molar-refractivity contribution in [1.29, 1.82) is 0 Å². The Morgan fingerprint density at radius 1 is 1.21 bits per heavy atom. The third-order valence-electron chi connectivity index (χ3n) is 5.57. The molecule has 4 N–H and O–H groups in total. The second-order valence-corrected chi connectivity index (χ2v) is 8.29. The minimum Gasteiger partial charge on any atom is -0.506 e. The molecule has 9 nitrogen and oxygen atoms in total. The van der Waals surface area contributed by atoms with Crippen LogP contribution in [-0.2, 0) is 4.74 Å². The highest BCUT2D eigenvalue weighted by atomic mass is 35.5. The zero-order valence-electron chi connectivity index (χ0n) is 19.0. The van der Waals surface area contributed by atoms with Crippen molar-refractivity contribution in [2.45, 2.75) is 32.4 Å². The van der Waals surface area contributed by atoms with Crippen LogP contribution in [0.15, 0.2) is 30.7 Å². The van der Waals surface area contributed by atoms with Gasteiger partial charge in [0.05, 0.1) is 29.8 Å². The van der Waals surface area contributed by atoms with Gasteiger partial charge in [0.25, 0.3) is 0 Å². The first-order valence-electron chi connectivity index (χ1n) is 11.0. The molecule has 3 aromatic heterocycles. The number of ether oxygens (including phenoxy) is 2. The van der Waals surface area contributed by atoms with Gasteiger partial charge in [-0.05, 0) is 12.5 Å². The summed E-state index contributed by atoms with van der Waals surface area (Å²) in [4.78, 5) is 13.6. The molecule has 0 spiro atoms. The summed E-state index contributed by atoms with van der Waals surface area (Å²) in [5, 5.41) is 14.7. The molecule has 4 aromatic rings. The Balaban J connectivity index is 0.00000133. The lowest BCUT2D eigenvalue weighted by molar-refractivity contribution is 0.0766. The van der Waals surface area contributed by atoms with Gasteiger partial charge in [0.15, 0.2) is 5.65 Å². The van der Waals surface area contributed by atoms with Crippen molar-refractivity contribution >= 4 is 45.8 Å². The van der Waals surface area contributed by atoms with Crippen LogP contribution >= 0.6 is 23.2 Å². The first kappa shape index (κ1) is 24.3. The molecule has 11 heteroatoms. The molecule has 4 heterocycles. The fraction of sp³-hybridized carbons (Fsp3) is 0.348. The molecule has 0 amide bonds. The Morgan fingerprint density at radius 3 is 2.74 bits per heavy atom. The van der Waals surface area contributed by atoms with E-state index in [2.05, 4.69) is 20.3 Å². The van der Waals surface area contributed by atoms with E-state index in [9.17, 15) is 5.11 Å². The smallest absolute Gasteiger partial charge is 0.225 e. The molecule has 1 saturated heterocycles. The molecule has 1 aliphatic heterocycles. The Hall–Kier alpha value is -2.85. The lowest BCUT2D eigenvalue weighted by atomic mass is 10.0. The van der Waals surface area contributed by atoms with Crippen LogP contribution in [0.4, 0.5) is 5.95 Å². The molecule has 0 bridgehead atoms. The van der Waals surface area contributed by atoms with Gasteiger partial charge < -0.3 is 25.6 Å². The fourth-order valence-corrected chi connectivity index (χ4v) is 4.50. The number of imidazole rings is 1. The number of hydrogen-bond acceptors (Lipinski definition) is 8. The summed E-state index contributed by atoms with van der Waals surface area (Å²) in [5.74, 6) is 0.603. The van der Waals surface area contributed by atoms with Crippen molar-refractivity contribution in [3.05, 3.63) is 40.8 Å². The van der Waals surface area contributed by atoms with E-state index in [0.29, 0.717) is 47.3 Å². The van der Waals surface area contributed by atoms with Crippen LogP contribution in [0, 0.1) is 0 Å². The number of phenols is 1. The predicted molar refractivity (Wildman–Crippen MR) is 134 cm³/mol. The van der Waals surface area contributed by atoms with Gasteiger partial charge in [-0.1, -0.05) is 37.0 Å². The number of nitrogens with zero attached hydrogens (tertiary/aromatic N) is 4. The number of benzene rings is 1. The van der Waals surface area contributed by atoms with E-state index in [0.717, 1.165) is 11.8 Å². The first-order chi connectivity index (χ1) is 16.5. The highest BCUT2D eigenvalue weighted by Crippen LogP contribution is 2.47. The fourth-order valence-electron chi connectivity index (χ4n) is 3.88. The molecule has 1 aromatic carbocycles. The molecule has 0 unspecified atom stereocenters. The van der Waals surface area contributed by atoms with E-state index >= 15 is 0 Å². The minimum absolute atomic E-state index is 0.0382. The largest absolute Gasteiger partial charge is 0.506 e. The average Bonchev–Trinajstić information content (AvgIpc) is 3.35. The molecule has 34 heavy (non-hydrogen) atoms. The van der Waals surface area contributed by atoms with Crippen LogP contribution in [0.25, 0.3) is 27.8 Å². The van der Waals surface area contributed by atoms with Crippen molar-refractivity contribution in [2.24, 2.45) is 5.73 Å². The standard InChI is InChI=1S/C21H20Cl2N6O3.C2H6/c1-31-15-7-14(30)17(22)16(18(15)23)11-6-10-8-26-21(27-13-9-32-5-2-12(13)24)28-19(10)29-4-3-25-20(11)29;1-2/h3-4,6-8,12-13,30H,2,5,9,24H2,1H3,(H,26,27,28);1-2H3/t12-,13+;/m0./s1. The van der Waals surface area contributed by atoms with Crippen molar-refractivity contribution in [1.82, 2.24) is 19.4 Å². The molecule has 1 aliphatic rings. The summed E-state index contributed by atoms with van der Waals surface area (Å²) in [6.45, 7) is 5.15. The van der Waals surface area contributed by atoms with E-state index in [1.54, 1.807) is 18.6 Å². The molecule has 0 radical (unpaired) electrons. The van der Waals surface area contributed by atoms with Gasteiger partial charge in [-0.25, -0.2) is 9.97 Å². The number of aromatic nitrogens is 4. The second kappa shape index (κ2) is 10.2. The van der Waals surface area contributed by atoms with E-state index in [-0.39, 0.29) is 27.9 Å². The van der Waals surface area contributed by atoms with E-state index in [1.165, 1.54) is 13.2 Å². The molecule has 180 valence electrons. The number of rotatable bonds is 4. The minimum atomic E-state index is -0.144. The van der Waals surface area contributed by atoms with Crippen LogP contribution in [0.5, 0.6) is 11.5 Å². The Kier molecular flexibility index (Phi) is 7.27. The topological polar surface area (TPSA) is 120 Å². The highest BCUT2D eigenvalue weighted by Gasteiger charge is 2.24. The van der Waals surface area contributed by atoms with Crippen LogP contribution in [0.3, 0.4) is 0 Å². The summed E-state index contributed by atoms with van der Waals surface area (Å²) >= 11 is 13.0. The summed E-state index contributed by atoms with van der Waals surface area (Å²) in [6.07, 6.45) is 5.91. The number of phenolic OH excluding ortho intramolecular Hbond substituents is 1. The number of fused-ring (bicyclic) bond motifs is 3. The maximum Gasteiger partial charge on any atom is 0.225 e. The molecule has 0 aliphatic carbocycles. The summed E-state index contributed by atoms with van der Waals surface area (Å²) in [6, 6.07) is 3.10. The van der Waals surface area contributed by atoms with Gasteiger partial charge in [0.2, 0.25) is 5.95 Å². The third-order valence-corrected chi connectivity index (χ3v) is 6.32. The average molecular weight is 505 g/mol. The molecular weight excluding hydrogens is 479 g/mol. The summed E-state index contributed by atoms with van der Waals surface area (Å²) in [7, 11) is 1.47. The van der Waals surface area contributed by atoms with Crippen LogP contribution in [0.1, 0.15) is 20.3 Å². The zero-order chi connectivity index (χ0) is 24.4. The van der Waals surface area contributed by atoms with Crippen LogP contribution < -0.4 is 15.8 Å². The summed E-state index contributed by atoms with van der Waals surface area (Å²) in [5.41, 5.74) is 8.42. The van der Waals surface area contributed by atoms with Crippen molar-refractivity contribution < 1.29 is 14.6 Å². The van der Waals surface area contributed by atoms with Gasteiger partial charge in [0, 0.05) is 53.8 Å². The third kappa shape index (κ3) is 4.32. The first-order valence-corrected chi connectivity index (χ1v) is 11.7. The lowest BCUT2D eigenvalue weighted by Crippen LogP contribution is -2.47. The number of nitrogens with one attached hydrogen (secondary N) is 1. The molecule has 2 atom stereocenters. The van der Waals surface area contributed by atoms with Gasteiger partial charge in [-0.15, -0.1) is 0 Å². The van der Waals surface area contributed by atoms with Crippen molar-refractivity contribution in [2.75, 3.05) is 25.6 Å². The lowest BCUT2D eigenvalue weighted by Gasteiger charge is -2.29. The normalized spacial score (nSPS) is 17.9. The van der Waals surface area contributed by atoms with Crippen molar-refractivity contribution in [3.8, 4) is 22.6 Å². The van der Waals surface area contributed by atoms with Crippen molar-refractivity contribution in [3.63, 3.8) is 0 Å². The van der Waals surface area contributed by atoms with Gasteiger partial charge in [-0.2, -0.15) is 4.98 Å². The maximum atomic E-state index is 10.3. The monoisotopic (exact) mass is 504 g/mol. The highest BCUT2D eigenvalue weighted by molar-refractivity contribution is 6.41. The number of anilines is 1. The molecule has 5 rings (SSSR count). The Labute approximate surface area is 206 Å². The van der Waals surface area contributed by atoms with E-state index < -0.39 is 0 Å². The van der Waals surface area contributed by atoms with E-state index in [4.69, 9.17) is 38.4 Å². The number of hydrogen-bond donors (Lipinski definition) is 3. The summed E-state index contributed by atoms with van der Waals surface area (Å²) < 4.78 is 12.6. The van der Waals surface area contributed by atoms with E-state index in [1.807, 2.05) is 24.3 Å². The van der Waals surface area contributed by atoms with Gasteiger partial charge >= 0.3 is 0 Å².